The van der Waals surface area contributed by atoms with Crippen LogP contribution in [0, 0.1) is 0 Å². The van der Waals surface area contributed by atoms with Gasteiger partial charge < -0.3 is 9.51 Å². The predicted molar refractivity (Wildman–Crippen MR) is 46.2 cm³/mol. The molecule has 0 radical (unpaired) electrons. The van der Waals surface area contributed by atoms with Crippen LogP contribution in [0.3, 0.4) is 0 Å². The van der Waals surface area contributed by atoms with Gasteiger partial charge in [0.25, 0.3) is 0 Å². The number of aromatic hydroxyl groups is 1. The van der Waals surface area contributed by atoms with Crippen molar-refractivity contribution in [3.05, 3.63) is 30.4 Å². The van der Waals surface area contributed by atoms with E-state index in [9.17, 15) is 5.11 Å². The molecule has 62 valence electrons. The van der Waals surface area contributed by atoms with Gasteiger partial charge in [-0.15, -0.1) is 0 Å². The zero-order valence-electron chi connectivity index (χ0n) is 6.86. The van der Waals surface area contributed by atoms with Crippen molar-refractivity contribution in [1.29, 1.82) is 0 Å². The fourth-order valence-electron chi connectivity index (χ4n) is 1.29. The number of hydrogen-bond acceptors (Lipinski definition) is 2. The van der Waals surface area contributed by atoms with Gasteiger partial charge in [0.15, 0.2) is 0 Å². The molecule has 2 aromatic rings. The van der Waals surface area contributed by atoms with Crippen LogP contribution in [0.1, 0.15) is 12.7 Å². The average molecular weight is 162 g/mol. The van der Waals surface area contributed by atoms with Crippen LogP contribution < -0.4 is 0 Å². The average Bonchev–Trinajstić information content (AvgIpc) is 2.46. The van der Waals surface area contributed by atoms with Crippen molar-refractivity contribution in [2.24, 2.45) is 0 Å². The lowest BCUT2D eigenvalue weighted by Crippen LogP contribution is -1.90. The first-order valence-electron chi connectivity index (χ1n) is 3.96. The second-order valence-corrected chi connectivity index (χ2v) is 2.71. The maximum Gasteiger partial charge on any atom is 0.132 e. The van der Waals surface area contributed by atoms with Crippen molar-refractivity contribution in [2.75, 3.05) is 0 Å². The minimum absolute atomic E-state index is 0.273. The third-order valence-electron chi connectivity index (χ3n) is 1.90. The highest BCUT2D eigenvalue weighted by Crippen LogP contribution is 2.13. The summed E-state index contributed by atoms with van der Waals surface area (Å²) in [6, 6.07) is 3.51. The maximum atomic E-state index is 9.22. The van der Waals surface area contributed by atoms with Crippen LogP contribution >= 0.6 is 0 Å². The van der Waals surface area contributed by atoms with Gasteiger partial charge in [0.2, 0.25) is 0 Å². The van der Waals surface area contributed by atoms with E-state index in [0.717, 1.165) is 17.8 Å². The lowest BCUT2D eigenvalue weighted by Gasteiger charge is -1.97. The molecule has 1 N–H and O–H groups in total. The summed E-state index contributed by atoms with van der Waals surface area (Å²) in [5.74, 6) is 1.25. The van der Waals surface area contributed by atoms with Crippen LogP contribution in [0.4, 0.5) is 0 Å². The minimum atomic E-state index is 0.273. The molecule has 0 saturated carbocycles. The summed E-state index contributed by atoms with van der Waals surface area (Å²) in [4.78, 5) is 4.21. The molecule has 0 amide bonds. The Hall–Kier alpha value is -1.51. The first-order valence-corrected chi connectivity index (χ1v) is 3.96. The van der Waals surface area contributed by atoms with E-state index in [1.54, 1.807) is 18.5 Å². The van der Waals surface area contributed by atoms with Crippen molar-refractivity contribution in [3.63, 3.8) is 0 Å². The summed E-state index contributed by atoms with van der Waals surface area (Å²) in [7, 11) is 0. The molecule has 3 nitrogen and oxygen atoms in total. The monoisotopic (exact) mass is 162 g/mol. The maximum absolute atomic E-state index is 9.22. The molecular formula is C9H10N2O. The molecular weight excluding hydrogens is 152 g/mol. The Morgan fingerprint density at radius 3 is 3.08 bits per heavy atom. The van der Waals surface area contributed by atoms with Crippen LogP contribution in [0.2, 0.25) is 0 Å². The fourth-order valence-corrected chi connectivity index (χ4v) is 1.29. The third kappa shape index (κ3) is 0.942. The Balaban J connectivity index is 2.75. The van der Waals surface area contributed by atoms with E-state index in [1.807, 2.05) is 17.4 Å². The molecule has 3 heteroatoms. The van der Waals surface area contributed by atoms with Gasteiger partial charge in [0.05, 0.1) is 17.9 Å². The van der Waals surface area contributed by atoms with Crippen LogP contribution in [-0.2, 0) is 6.42 Å². The van der Waals surface area contributed by atoms with Gasteiger partial charge >= 0.3 is 0 Å². The molecule has 0 aliphatic carbocycles. The standard InChI is InChI=1S/C9H10N2O/c1-2-9-10-5-7-3-4-8(12)6-11(7)9/h3-6,12H,2H2,1H3. The van der Waals surface area contributed by atoms with Gasteiger partial charge in [0.1, 0.15) is 11.6 Å². The smallest absolute Gasteiger partial charge is 0.132 e. The lowest BCUT2D eigenvalue weighted by atomic mass is 10.4. The van der Waals surface area contributed by atoms with Gasteiger partial charge in [-0.2, -0.15) is 0 Å². The summed E-state index contributed by atoms with van der Waals surface area (Å²) in [6.45, 7) is 2.04. The quantitative estimate of drug-likeness (QED) is 0.691. The molecule has 0 aromatic carbocycles. The molecule has 0 aliphatic heterocycles. The summed E-state index contributed by atoms with van der Waals surface area (Å²) < 4.78 is 1.90. The first kappa shape index (κ1) is 7.16. The Labute approximate surface area is 70.3 Å². The van der Waals surface area contributed by atoms with Gasteiger partial charge in [-0.3, -0.25) is 0 Å². The zero-order chi connectivity index (χ0) is 8.55. The zero-order valence-corrected chi connectivity index (χ0v) is 6.86. The molecule has 0 fully saturated rings. The van der Waals surface area contributed by atoms with E-state index in [1.165, 1.54) is 0 Å². The molecule has 12 heavy (non-hydrogen) atoms. The van der Waals surface area contributed by atoms with E-state index in [-0.39, 0.29) is 5.75 Å². The number of nitrogens with zero attached hydrogens (tertiary/aromatic N) is 2. The Kier molecular flexibility index (Phi) is 1.50. The van der Waals surface area contributed by atoms with Gasteiger partial charge in [-0.25, -0.2) is 4.98 Å². The van der Waals surface area contributed by atoms with Gasteiger partial charge in [-0.05, 0) is 12.1 Å². The number of aromatic nitrogens is 2. The molecule has 0 unspecified atom stereocenters. The number of fused-ring (bicyclic) bond motifs is 1. The Morgan fingerprint density at radius 1 is 1.50 bits per heavy atom. The highest BCUT2D eigenvalue weighted by Gasteiger charge is 2.00. The van der Waals surface area contributed by atoms with Crippen LogP contribution in [-0.4, -0.2) is 14.5 Å². The van der Waals surface area contributed by atoms with Gasteiger partial charge in [0, 0.05) is 6.42 Å². The van der Waals surface area contributed by atoms with Crippen molar-refractivity contribution >= 4 is 5.52 Å². The first-order chi connectivity index (χ1) is 5.81. The molecule has 0 aliphatic rings. The Morgan fingerprint density at radius 2 is 2.33 bits per heavy atom. The molecule has 0 saturated heterocycles. The van der Waals surface area contributed by atoms with Crippen molar-refractivity contribution in [2.45, 2.75) is 13.3 Å². The van der Waals surface area contributed by atoms with Crippen molar-refractivity contribution in [3.8, 4) is 5.75 Å². The number of pyridine rings is 1. The molecule has 0 bridgehead atoms. The summed E-state index contributed by atoms with van der Waals surface area (Å²) in [5.41, 5.74) is 1.02. The highest BCUT2D eigenvalue weighted by atomic mass is 16.3. The largest absolute Gasteiger partial charge is 0.506 e. The molecule has 0 atom stereocenters. The topological polar surface area (TPSA) is 37.5 Å². The predicted octanol–water partition coefficient (Wildman–Crippen LogP) is 1.60. The number of rotatable bonds is 1. The Bertz CT molecular complexity index is 406. The van der Waals surface area contributed by atoms with Crippen LogP contribution in [0.15, 0.2) is 24.5 Å². The molecule has 2 rings (SSSR count). The number of hydrogen-bond donors (Lipinski definition) is 1. The third-order valence-corrected chi connectivity index (χ3v) is 1.90. The molecule has 2 heterocycles. The van der Waals surface area contributed by atoms with Gasteiger partial charge in [-0.1, -0.05) is 6.92 Å². The van der Waals surface area contributed by atoms with Crippen molar-refractivity contribution in [1.82, 2.24) is 9.38 Å². The fraction of sp³-hybridized carbons (Fsp3) is 0.222. The summed E-state index contributed by atoms with van der Waals surface area (Å²) in [5, 5.41) is 9.22. The number of imidazole rings is 1. The van der Waals surface area contributed by atoms with E-state index >= 15 is 0 Å². The number of aryl methyl sites for hydroxylation is 1. The highest BCUT2D eigenvalue weighted by molar-refractivity contribution is 5.47. The van der Waals surface area contributed by atoms with Crippen LogP contribution in [0.5, 0.6) is 5.75 Å². The van der Waals surface area contributed by atoms with E-state index < -0.39 is 0 Å². The normalized spacial score (nSPS) is 10.8. The second kappa shape index (κ2) is 2.52. The molecule has 2 aromatic heterocycles. The minimum Gasteiger partial charge on any atom is -0.506 e. The lowest BCUT2D eigenvalue weighted by molar-refractivity contribution is 0.471. The SMILES string of the molecule is CCc1ncc2ccc(O)cn12. The van der Waals surface area contributed by atoms with Crippen LogP contribution in [0.25, 0.3) is 5.52 Å². The molecule has 0 spiro atoms. The van der Waals surface area contributed by atoms with E-state index in [0.29, 0.717) is 0 Å². The van der Waals surface area contributed by atoms with E-state index in [2.05, 4.69) is 4.98 Å². The summed E-state index contributed by atoms with van der Waals surface area (Å²) in [6.07, 6.45) is 4.36. The summed E-state index contributed by atoms with van der Waals surface area (Å²) >= 11 is 0. The van der Waals surface area contributed by atoms with Crippen molar-refractivity contribution < 1.29 is 5.11 Å². The van der Waals surface area contributed by atoms with E-state index in [4.69, 9.17) is 0 Å². The second-order valence-electron chi connectivity index (χ2n) is 2.71.